The Balaban J connectivity index is 2.09. The second-order valence-electron chi connectivity index (χ2n) is 3.64. The van der Waals surface area contributed by atoms with Crippen LogP contribution in [0.4, 0.5) is 0 Å². The van der Waals surface area contributed by atoms with E-state index in [2.05, 4.69) is 22.9 Å². The molecule has 0 amide bonds. The summed E-state index contributed by atoms with van der Waals surface area (Å²) in [4.78, 5) is 2.64. The van der Waals surface area contributed by atoms with Gasteiger partial charge in [0, 0.05) is 11.1 Å². The summed E-state index contributed by atoms with van der Waals surface area (Å²) < 4.78 is 11.7. The Morgan fingerprint density at radius 1 is 0.933 bits per heavy atom. The maximum Gasteiger partial charge on any atom is 0.225 e. The molecule has 2 aliphatic rings. The van der Waals surface area contributed by atoms with Gasteiger partial charge in [0.15, 0.2) is 0 Å². The fourth-order valence-electron chi connectivity index (χ4n) is 2.36. The van der Waals surface area contributed by atoms with Crippen molar-refractivity contribution in [3.63, 3.8) is 0 Å². The van der Waals surface area contributed by atoms with Crippen LogP contribution in [0.1, 0.15) is 11.1 Å². The summed E-state index contributed by atoms with van der Waals surface area (Å²) in [5.74, 6) is -0.565. The molecule has 1 spiro atoms. The molecule has 2 aromatic rings. The Morgan fingerprint density at radius 3 is 2.00 bits per heavy atom. The van der Waals surface area contributed by atoms with Crippen LogP contribution in [-0.4, -0.2) is 13.2 Å². The molecule has 1 fully saturated rings. The molecule has 0 N–H and O–H groups in total. The van der Waals surface area contributed by atoms with Gasteiger partial charge in [-0.15, -0.1) is 22.7 Å². The summed E-state index contributed by atoms with van der Waals surface area (Å²) in [6.45, 7) is 1.37. The van der Waals surface area contributed by atoms with Gasteiger partial charge in [-0.1, -0.05) is 0 Å². The molecule has 76 valence electrons. The average Bonchev–Trinajstić information content (AvgIpc) is 3.00. The summed E-state index contributed by atoms with van der Waals surface area (Å²) in [6, 6.07) is 4.25. The van der Waals surface area contributed by atoms with Crippen LogP contribution >= 0.6 is 22.7 Å². The number of hydrogen-bond acceptors (Lipinski definition) is 4. The minimum absolute atomic E-state index is 0.565. The van der Waals surface area contributed by atoms with Gasteiger partial charge in [0.1, 0.15) is 0 Å². The van der Waals surface area contributed by atoms with Crippen molar-refractivity contribution in [2.75, 3.05) is 13.2 Å². The van der Waals surface area contributed by atoms with E-state index in [4.69, 9.17) is 9.47 Å². The Bertz CT molecular complexity index is 478. The highest BCUT2D eigenvalue weighted by Gasteiger charge is 2.49. The van der Waals surface area contributed by atoms with Crippen molar-refractivity contribution in [3.8, 4) is 9.75 Å². The first-order chi connectivity index (χ1) is 7.42. The van der Waals surface area contributed by atoms with Crippen molar-refractivity contribution < 1.29 is 9.47 Å². The minimum atomic E-state index is -0.565. The van der Waals surface area contributed by atoms with Crippen molar-refractivity contribution in [2.45, 2.75) is 5.79 Å². The molecule has 1 aliphatic heterocycles. The van der Waals surface area contributed by atoms with Crippen LogP contribution in [0, 0.1) is 0 Å². The van der Waals surface area contributed by atoms with E-state index in [1.165, 1.54) is 20.9 Å². The summed E-state index contributed by atoms with van der Waals surface area (Å²) in [5.41, 5.74) is 2.40. The number of hydrogen-bond donors (Lipinski definition) is 0. The molecule has 4 rings (SSSR count). The van der Waals surface area contributed by atoms with E-state index in [-0.39, 0.29) is 0 Å². The van der Waals surface area contributed by atoms with Crippen LogP contribution in [0.25, 0.3) is 9.75 Å². The van der Waals surface area contributed by atoms with E-state index in [1.807, 2.05) is 0 Å². The first-order valence-electron chi connectivity index (χ1n) is 4.86. The van der Waals surface area contributed by atoms with Crippen LogP contribution in [0.15, 0.2) is 22.9 Å². The van der Waals surface area contributed by atoms with Crippen LogP contribution in [0.3, 0.4) is 0 Å². The fraction of sp³-hybridized carbons (Fsp3) is 0.273. The van der Waals surface area contributed by atoms with Gasteiger partial charge in [0.2, 0.25) is 5.79 Å². The molecular formula is C11H8O2S2. The number of rotatable bonds is 0. The lowest BCUT2D eigenvalue weighted by Gasteiger charge is -2.22. The third-order valence-electron chi connectivity index (χ3n) is 2.94. The molecule has 0 bridgehead atoms. The maximum atomic E-state index is 5.86. The summed E-state index contributed by atoms with van der Waals surface area (Å²) in [6.07, 6.45) is 0. The van der Waals surface area contributed by atoms with Gasteiger partial charge in [-0.2, -0.15) is 0 Å². The second-order valence-corrected chi connectivity index (χ2v) is 5.47. The molecule has 3 heterocycles. The first kappa shape index (κ1) is 8.47. The van der Waals surface area contributed by atoms with Crippen molar-refractivity contribution in [3.05, 3.63) is 34.0 Å². The molecule has 2 aromatic heterocycles. The van der Waals surface area contributed by atoms with E-state index in [9.17, 15) is 0 Å². The molecule has 0 unspecified atom stereocenters. The molecule has 2 nitrogen and oxygen atoms in total. The second kappa shape index (κ2) is 2.71. The van der Waals surface area contributed by atoms with E-state index < -0.39 is 5.79 Å². The van der Waals surface area contributed by atoms with E-state index in [0.717, 1.165) is 0 Å². The molecule has 1 aliphatic carbocycles. The normalized spacial score (nSPS) is 20.8. The SMILES string of the molecule is c1cc2c(s1)-c1sccc1C21OCCO1. The molecule has 1 saturated heterocycles. The lowest BCUT2D eigenvalue weighted by molar-refractivity contribution is -0.126. The summed E-state index contributed by atoms with van der Waals surface area (Å²) in [5, 5.41) is 4.22. The molecule has 0 saturated carbocycles. The summed E-state index contributed by atoms with van der Waals surface area (Å²) >= 11 is 3.54. The Kier molecular flexibility index (Phi) is 1.53. The molecule has 4 heteroatoms. The lowest BCUT2D eigenvalue weighted by Crippen LogP contribution is -2.24. The Labute approximate surface area is 95.1 Å². The zero-order chi connectivity index (χ0) is 9.88. The predicted octanol–water partition coefficient (Wildman–Crippen LogP) is 3.04. The van der Waals surface area contributed by atoms with Gasteiger partial charge in [-0.25, -0.2) is 0 Å². The Morgan fingerprint density at radius 2 is 1.47 bits per heavy atom. The zero-order valence-corrected chi connectivity index (χ0v) is 9.49. The predicted molar refractivity (Wildman–Crippen MR) is 60.3 cm³/mol. The van der Waals surface area contributed by atoms with Gasteiger partial charge in [0.25, 0.3) is 0 Å². The van der Waals surface area contributed by atoms with Gasteiger partial charge in [-0.3, -0.25) is 0 Å². The van der Waals surface area contributed by atoms with Gasteiger partial charge >= 0.3 is 0 Å². The average molecular weight is 236 g/mol. The zero-order valence-electron chi connectivity index (χ0n) is 7.86. The smallest absolute Gasteiger partial charge is 0.225 e. The third kappa shape index (κ3) is 0.869. The van der Waals surface area contributed by atoms with Crippen LogP contribution in [-0.2, 0) is 15.3 Å². The topological polar surface area (TPSA) is 18.5 Å². The van der Waals surface area contributed by atoms with Gasteiger partial charge in [0.05, 0.1) is 23.0 Å². The number of thiophene rings is 2. The van der Waals surface area contributed by atoms with Crippen LogP contribution < -0.4 is 0 Å². The minimum Gasteiger partial charge on any atom is -0.340 e. The third-order valence-corrected chi connectivity index (χ3v) is 4.93. The fourth-order valence-corrected chi connectivity index (χ4v) is 4.42. The van der Waals surface area contributed by atoms with Crippen LogP contribution in [0.2, 0.25) is 0 Å². The number of ether oxygens (including phenoxy) is 2. The van der Waals surface area contributed by atoms with E-state index in [1.54, 1.807) is 22.7 Å². The monoisotopic (exact) mass is 236 g/mol. The highest BCUT2D eigenvalue weighted by Crippen LogP contribution is 2.55. The molecule has 0 radical (unpaired) electrons. The van der Waals surface area contributed by atoms with E-state index in [0.29, 0.717) is 13.2 Å². The highest BCUT2D eigenvalue weighted by atomic mass is 32.1. The molecular weight excluding hydrogens is 228 g/mol. The molecule has 0 atom stereocenters. The van der Waals surface area contributed by atoms with Gasteiger partial charge in [-0.05, 0) is 22.9 Å². The van der Waals surface area contributed by atoms with Crippen molar-refractivity contribution in [1.82, 2.24) is 0 Å². The lowest BCUT2D eigenvalue weighted by atomic mass is 10.1. The highest BCUT2D eigenvalue weighted by molar-refractivity contribution is 7.20. The van der Waals surface area contributed by atoms with Crippen molar-refractivity contribution in [1.29, 1.82) is 0 Å². The number of fused-ring (bicyclic) bond motifs is 5. The van der Waals surface area contributed by atoms with E-state index >= 15 is 0 Å². The molecule has 0 aromatic carbocycles. The largest absolute Gasteiger partial charge is 0.340 e. The van der Waals surface area contributed by atoms with Gasteiger partial charge < -0.3 is 9.47 Å². The van der Waals surface area contributed by atoms with Crippen molar-refractivity contribution >= 4 is 22.7 Å². The standard InChI is InChI=1S/C11H8O2S2/c1-5-14-9-7(1)11(12-3-4-13-11)8-2-6-15-10(8)9/h1-2,5-6H,3-4H2. The maximum absolute atomic E-state index is 5.86. The quantitative estimate of drug-likeness (QED) is 0.700. The van der Waals surface area contributed by atoms with Crippen molar-refractivity contribution in [2.24, 2.45) is 0 Å². The van der Waals surface area contributed by atoms with Crippen LogP contribution in [0.5, 0.6) is 0 Å². The molecule has 15 heavy (non-hydrogen) atoms. The Hall–Kier alpha value is -0.680. The first-order valence-corrected chi connectivity index (χ1v) is 6.62. The summed E-state index contributed by atoms with van der Waals surface area (Å²) in [7, 11) is 0.